The number of halogens is 2. The summed E-state index contributed by atoms with van der Waals surface area (Å²) in [4.78, 5) is 24.4. The summed E-state index contributed by atoms with van der Waals surface area (Å²) in [5.74, 6) is -1.24. The molecule has 0 unspecified atom stereocenters. The van der Waals surface area contributed by atoms with Gasteiger partial charge in [-0.2, -0.15) is 0 Å². The lowest BCUT2D eigenvalue weighted by Crippen LogP contribution is -2.35. The van der Waals surface area contributed by atoms with Crippen molar-refractivity contribution in [2.75, 3.05) is 13.2 Å². The van der Waals surface area contributed by atoms with Crippen molar-refractivity contribution in [1.82, 2.24) is 0 Å². The van der Waals surface area contributed by atoms with Crippen LogP contribution in [0.1, 0.15) is 40.2 Å². The number of hydrogen-bond acceptors (Lipinski definition) is 5. The second kappa shape index (κ2) is 9.52. The van der Waals surface area contributed by atoms with Crippen LogP contribution in [0.2, 0.25) is 10.0 Å². The van der Waals surface area contributed by atoms with Crippen molar-refractivity contribution in [1.29, 1.82) is 0 Å². The minimum absolute atomic E-state index is 0.0489. The van der Waals surface area contributed by atoms with Crippen LogP contribution in [0.25, 0.3) is 0 Å². The molecule has 7 heteroatoms. The number of carbonyl (C=O) groups excluding carboxylic acids is 2. The maximum Gasteiger partial charge on any atom is 0.348 e. The Hall–Kier alpha value is -1.92. The Morgan fingerprint density at radius 3 is 2.29 bits per heavy atom. The summed E-state index contributed by atoms with van der Waals surface area (Å²) in [6, 6.07) is 11.6. The lowest BCUT2D eigenvalue weighted by Gasteiger charge is -2.22. The van der Waals surface area contributed by atoms with E-state index in [1.165, 1.54) is 17.7 Å². The maximum atomic E-state index is 12.2. The topological polar surface area (TPSA) is 78.6 Å². The van der Waals surface area contributed by atoms with Crippen LogP contribution < -0.4 is 5.73 Å². The van der Waals surface area contributed by atoms with Crippen molar-refractivity contribution < 1.29 is 19.1 Å². The van der Waals surface area contributed by atoms with Gasteiger partial charge in [-0.15, -0.1) is 0 Å². The van der Waals surface area contributed by atoms with Gasteiger partial charge in [0.15, 0.2) is 0 Å². The normalized spacial score (nSPS) is 15.8. The van der Waals surface area contributed by atoms with Crippen LogP contribution in [0, 0.1) is 0 Å². The number of benzene rings is 2. The van der Waals surface area contributed by atoms with Gasteiger partial charge in [-0.3, -0.25) is 0 Å². The zero-order valence-electron chi connectivity index (χ0n) is 15.2. The first-order chi connectivity index (χ1) is 13.5. The van der Waals surface area contributed by atoms with Crippen molar-refractivity contribution in [3.05, 3.63) is 69.2 Å². The van der Waals surface area contributed by atoms with E-state index < -0.39 is 18.0 Å². The second-order valence-electron chi connectivity index (χ2n) is 6.74. The quantitative estimate of drug-likeness (QED) is 0.579. The van der Waals surface area contributed by atoms with Gasteiger partial charge in [-0.1, -0.05) is 53.5 Å². The predicted molar refractivity (Wildman–Crippen MR) is 108 cm³/mol. The standard InChI is InChI=1S/C21H21Cl2NO4/c22-16-2-1-3-17(23)19(16)21(26)28-20(25)18(24)12-13-4-6-14(7-5-13)15-8-10-27-11-9-15/h1-7,15,18H,8-12,24H2/t18-/m0/s1. The molecule has 0 bridgehead atoms. The monoisotopic (exact) mass is 421 g/mol. The molecular formula is C21H21Cl2NO4. The third kappa shape index (κ3) is 5.11. The molecule has 1 fully saturated rings. The minimum atomic E-state index is -0.973. The van der Waals surface area contributed by atoms with Crippen molar-refractivity contribution in [2.24, 2.45) is 5.73 Å². The smallest absolute Gasteiger partial charge is 0.348 e. The molecule has 1 saturated heterocycles. The van der Waals surface area contributed by atoms with Gasteiger partial charge in [-0.05, 0) is 48.4 Å². The Kier molecular flexibility index (Phi) is 7.08. The number of nitrogens with two attached hydrogens (primary N) is 1. The van der Waals surface area contributed by atoms with Crippen LogP contribution >= 0.6 is 23.2 Å². The van der Waals surface area contributed by atoms with Gasteiger partial charge in [0.25, 0.3) is 0 Å². The highest BCUT2D eigenvalue weighted by atomic mass is 35.5. The molecule has 2 aromatic rings. The van der Waals surface area contributed by atoms with E-state index in [1.807, 2.05) is 12.1 Å². The SMILES string of the molecule is N[C@@H](Cc1ccc(C2CCOCC2)cc1)C(=O)OC(=O)c1c(Cl)cccc1Cl. The molecule has 0 amide bonds. The highest BCUT2D eigenvalue weighted by molar-refractivity contribution is 6.39. The largest absolute Gasteiger partial charge is 0.388 e. The Balaban J connectivity index is 1.58. The van der Waals surface area contributed by atoms with E-state index in [9.17, 15) is 9.59 Å². The fourth-order valence-corrected chi connectivity index (χ4v) is 3.76. The fourth-order valence-electron chi connectivity index (χ4n) is 3.20. The molecule has 0 aromatic heterocycles. The first-order valence-electron chi connectivity index (χ1n) is 9.08. The molecule has 2 aromatic carbocycles. The molecule has 5 nitrogen and oxygen atoms in total. The van der Waals surface area contributed by atoms with Gasteiger partial charge in [-0.25, -0.2) is 9.59 Å². The molecule has 0 spiro atoms. The zero-order valence-corrected chi connectivity index (χ0v) is 16.7. The van der Waals surface area contributed by atoms with E-state index in [1.54, 1.807) is 6.07 Å². The van der Waals surface area contributed by atoms with Gasteiger partial charge in [0, 0.05) is 13.2 Å². The minimum Gasteiger partial charge on any atom is -0.388 e. The Morgan fingerprint density at radius 2 is 1.68 bits per heavy atom. The van der Waals surface area contributed by atoms with Gasteiger partial charge in [0.2, 0.25) is 0 Å². The first-order valence-corrected chi connectivity index (χ1v) is 9.83. The Bertz CT molecular complexity index is 828. The predicted octanol–water partition coefficient (Wildman–Crippen LogP) is 4.14. The fraction of sp³-hybridized carbons (Fsp3) is 0.333. The van der Waals surface area contributed by atoms with Gasteiger partial charge >= 0.3 is 11.9 Å². The summed E-state index contributed by atoms with van der Waals surface area (Å²) in [5, 5.41) is 0.227. The van der Waals surface area contributed by atoms with Crippen LogP contribution in [0.4, 0.5) is 0 Å². The van der Waals surface area contributed by atoms with E-state index in [0.717, 1.165) is 31.6 Å². The van der Waals surface area contributed by atoms with Gasteiger partial charge in [0.1, 0.15) is 6.04 Å². The zero-order chi connectivity index (χ0) is 20.1. The van der Waals surface area contributed by atoms with Crippen molar-refractivity contribution >= 4 is 35.1 Å². The van der Waals surface area contributed by atoms with Crippen molar-refractivity contribution in [3.8, 4) is 0 Å². The first kappa shape index (κ1) is 20.8. The number of hydrogen-bond donors (Lipinski definition) is 1. The van der Waals surface area contributed by atoms with Crippen LogP contribution in [-0.2, 0) is 20.7 Å². The molecule has 1 aliphatic heterocycles. The molecule has 2 N–H and O–H groups in total. The van der Waals surface area contributed by atoms with E-state index >= 15 is 0 Å². The number of carbonyl (C=O) groups is 2. The highest BCUT2D eigenvalue weighted by Crippen LogP contribution is 2.27. The summed E-state index contributed by atoms with van der Waals surface area (Å²) in [5.41, 5.74) is 8.02. The van der Waals surface area contributed by atoms with Crippen LogP contribution in [-0.4, -0.2) is 31.2 Å². The Morgan fingerprint density at radius 1 is 1.07 bits per heavy atom. The van der Waals surface area contributed by atoms with Gasteiger partial charge in [0.05, 0.1) is 15.6 Å². The molecular weight excluding hydrogens is 401 g/mol. The average Bonchev–Trinajstić information content (AvgIpc) is 2.69. The maximum absolute atomic E-state index is 12.2. The molecule has 1 heterocycles. The van der Waals surface area contributed by atoms with Crippen molar-refractivity contribution in [2.45, 2.75) is 31.2 Å². The van der Waals surface area contributed by atoms with Crippen LogP contribution in [0.15, 0.2) is 42.5 Å². The Labute approximate surface area is 173 Å². The number of esters is 2. The van der Waals surface area contributed by atoms with Crippen LogP contribution in [0.5, 0.6) is 0 Å². The molecule has 3 rings (SSSR count). The van der Waals surface area contributed by atoms with Gasteiger partial charge < -0.3 is 15.2 Å². The van der Waals surface area contributed by atoms with E-state index in [-0.39, 0.29) is 22.0 Å². The molecule has 0 radical (unpaired) electrons. The van der Waals surface area contributed by atoms with Crippen LogP contribution in [0.3, 0.4) is 0 Å². The third-order valence-electron chi connectivity index (χ3n) is 4.79. The summed E-state index contributed by atoms with van der Waals surface area (Å²) < 4.78 is 10.3. The summed E-state index contributed by atoms with van der Waals surface area (Å²) in [6.07, 6.45) is 2.28. The molecule has 0 saturated carbocycles. The summed E-state index contributed by atoms with van der Waals surface area (Å²) in [7, 11) is 0. The number of rotatable bonds is 5. The lowest BCUT2D eigenvalue weighted by atomic mass is 9.90. The molecule has 148 valence electrons. The van der Waals surface area contributed by atoms with E-state index in [4.69, 9.17) is 38.4 Å². The van der Waals surface area contributed by atoms with E-state index in [0.29, 0.717) is 5.92 Å². The number of ether oxygens (including phenoxy) is 2. The summed E-state index contributed by atoms with van der Waals surface area (Å²) in [6.45, 7) is 1.57. The van der Waals surface area contributed by atoms with Crippen molar-refractivity contribution in [3.63, 3.8) is 0 Å². The lowest BCUT2D eigenvalue weighted by molar-refractivity contribution is -0.139. The molecule has 28 heavy (non-hydrogen) atoms. The van der Waals surface area contributed by atoms with E-state index in [2.05, 4.69) is 12.1 Å². The molecule has 0 aliphatic carbocycles. The molecule has 1 atom stereocenters. The second-order valence-corrected chi connectivity index (χ2v) is 7.56. The molecule has 1 aliphatic rings. The third-order valence-corrected chi connectivity index (χ3v) is 5.42. The summed E-state index contributed by atoms with van der Waals surface area (Å²) >= 11 is 11.9. The average molecular weight is 422 g/mol. The highest BCUT2D eigenvalue weighted by Gasteiger charge is 2.24.